The van der Waals surface area contributed by atoms with Gasteiger partial charge < -0.3 is 15.4 Å². The van der Waals surface area contributed by atoms with Gasteiger partial charge in [0.2, 0.25) is 5.91 Å². The zero-order chi connectivity index (χ0) is 18.8. The maximum atomic E-state index is 11.8. The molecule has 0 fully saturated rings. The van der Waals surface area contributed by atoms with Crippen LogP contribution in [-0.2, 0) is 4.79 Å². The van der Waals surface area contributed by atoms with E-state index in [1.807, 2.05) is 26.0 Å². The number of nitrogens with one attached hydrogen (secondary N) is 2. The third kappa shape index (κ3) is 3.32. The number of ether oxygens (including phenoxy) is 1. The van der Waals surface area contributed by atoms with E-state index in [0.717, 1.165) is 23.5 Å². The van der Waals surface area contributed by atoms with Crippen molar-refractivity contribution in [1.29, 1.82) is 0 Å². The Labute approximate surface area is 160 Å². The van der Waals surface area contributed by atoms with Crippen molar-refractivity contribution in [3.05, 3.63) is 65.7 Å². The summed E-state index contributed by atoms with van der Waals surface area (Å²) >= 11 is 0. The van der Waals surface area contributed by atoms with Crippen molar-refractivity contribution in [2.24, 2.45) is 5.92 Å². The van der Waals surface area contributed by atoms with Crippen LogP contribution in [0.4, 0.5) is 11.4 Å². The summed E-state index contributed by atoms with van der Waals surface area (Å²) in [5.41, 5.74) is 4.48. The minimum absolute atomic E-state index is 0.0424. The first-order valence-corrected chi connectivity index (χ1v) is 9.80. The number of allylic oxidation sites excluding steroid dienone is 2. The predicted octanol–water partition coefficient (Wildman–Crippen LogP) is 5.26. The summed E-state index contributed by atoms with van der Waals surface area (Å²) in [7, 11) is 0. The molecule has 0 saturated heterocycles. The number of anilines is 2. The topological polar surface area (TPSA) is 50.4 Å². The standard InChI is InChI=1S/C23H26N2O2/c1-3-22(26)24-15-12-13-20-19(14-15)16-9-7-10-17(16)23(25-20)18-8-5-6-11-21(18)27-4-2/h5-9,11-14,16-17,23,25H,3-4,10H2,1-2H3,(H,24,26). The maximum absolute atomic E-state index is 11.8. The largest absolute Gasteiger partial charge is 0.494 e. The fourth-order valence-corrected chi connectivity index (χ4v) is 4.25. The molecular weight excluding hydrogens is 336 g/mol. The molecule has 1 heterocycles. The Bertz CT molecular complexity index is 874. The molecule has 0 radical (unpaired) electrons. The zero-order valence-corrected chi connectivity index (χ0v) is 15.9. The molecule has 0 saturated carbocycles. The summed E-state index contributed by atoms with van der Waals surface area (Å²) in [6.07, 6.45) is 6.11. The van der Waals surface area contributed by atoms with E-state index in [0.29, 0.717) is 24.9 Å². The molecule has 3 atom stereocenters. The van der Waals surface area contributed by atoms with E-state index >= 15 is 0 Å². The Morgan fingerprint density at radius 3 is 2.85 bits per heavy atom. The monoisotopic (exact) mass is 362 g/mol. The number of carbonyl (C=O) groups is 1. The highest BCUT2D eigenvalue weighted by atomic mass is 16.5. The van der Waals surface area contributed by atoms with Gasteiger partial charge in [-0.3, -0.25) is 4.79 Å². The van der Waals surface area contributed by atoms with E-state index in [1.165, 1.54) is 11.1 Å². The summed E-state index contributed by atoms with van der Waals surface area (Å²) in [6, 6.07) is 14.7. The first-order chi connectivity index (χ1) is 13.2. The fraction of sp³-hybridized carbons (Fsp3) is 0.348. The van der Waals surface area contributed by atoms with Crippen LogP contribution >= 0.6 is 0 Å². The van der Waals surface area contributed by atoms with Crippen LogP contribution in [0.3, 0.4) is 0 Å². The molecule has 0 bridgehead atoms. The van der Waals surface area contributed by atoms with Crippen molar-refractivity contribution in [1.82, 2.24) is 0 Å². The van der Waals surface area contributed by atoms with E-state index in [4.69, 9.17) is 4.74 Å². The molecule has 2 N–H and O–H groups in total. The van der Waals surface area contributed by atoms with Gasteiger partial charge in [0.05, 0.1) is 12.6 Å². The Hall–Kier alpha value is -2.75. The van der Waals surface area contributed by atoms with Gasteiger partial charge in [0.1, 0.15) is 5.75 Å². The minimum Gasteiger partial charge on any atom is -0.494 e. The minimum atomic E-state index is 0.0424. The highest BCUT2D eigenvalue weighted by molar-refractivity contribution is 5.91. The van der Waals surface area contributed by atoms with E-state index < -0.39 is 0 Å². The second-order valence-corrected chi connectivity index (χ2v) is 7.15. The highest BCUT2D eigenvalue weighted by Crippen LogP contribution is 2.51. The molecule has 0 aromatic heterocycles. The summed E-state index contributed by atoms with van der Waals surface area (Å²) in [4.78, 5) is 11.8. The van der Waals surface area contributed by atoms with Crippen molar-refractivity contribution in [3.63, 3.8) is 0 Å². The zero-order valence-electron chi connectivity index (χ0n) is 15.9. The van der Waals surface area contributed by atoms with Crippen molar-refractivity contribution in [2.45, 2.75) is 38.6 Å². The molecule has 3 unspecified atom stereocenters. The van der Waals surface area contributed by atoms with Gasteiger partial charge in [0, 0.05) is 29.3 Å². The van der Waals surface area contributed by atoms with Gasteiger partial charge in [0.25, 0.3) is 0 Å². The Morgan fingerprint density at radius 1 is 1.19 bits per heavy atom. The molecule has 1 amide bonds. The summed E-state index contributed by atoms with van der Waals surface area (Å²) in [5.74, 6) is 1.79. The van der Waals surface area contributed by atoms with E-state index in [2.05, 4.69) is 53.1 Å². The molecule has 4 rings (SSSR count). The van der Waals surface area contributed by atoms with Gasteiger partial charge in [-0.1, -0.05) is 37.3 Å². The van der Waals surface area contributed by atoms with Crippen LogP contribution in [0.25, 0.3) is 0 Å². The SMILES string of the molecule is CCOc1ccccc1C1Nc2ccc(NC(=O)CC)cc2C2C=CCC21. The summed E-state index contributed by atoms with van der Waals surface area (Å²) < 4.78 is 5.89. The van der Waals surface area contributed by atoms with Crippen LogP contribution in [0.1, 0.15) is 49.8 Å². The molecule has 2 aliphatic rings. The van der Waals surface area contributed by atoms with Gasteiger partial charge in [-0.15, -0.1) is 0 Å². The molecule has 2 aromatic rings. The molecule has 27 heavy (non-hydrogen) atoms. The van der Waals surface area contributed by atoms with Crippen molar-refractivity contribution < 1.29 is 9.53 Å². The lowest BCUT2D eigenvalue weighted by atomic mass is 9.76. The number of benzene rings is 2. The van der Waals surface area contributed by atoms with E-state index in [9.17, 15) is 4.79 Å². The molecule has 2 aromatic carbocycles. The normalized spacial score (nSPS) is 22.5. The molecule has 1 aliphatic carbocycles. The number of amides is 1. The molecule has 4 nitrogen and oxygen atoms in total. The lowest BCUT2D eigenvalue weighted by molar-refractivity contribution is -0.115. The average Bonchev–Trinajstić information content (AvgIpc) is 3.18. The van der Waals surface area contributed by atoms with Gasteiger partial charge in [-0.2, -0.15) is 0 Å². The average molecular weight is 362 g/mol. The lowest BCUT2D eigenvalue weighted by Gasteiger charge is -2.38. The van der Waals surface area contributed by atoms with Crippen molar-refractivity contribution in [3.8, 4) is 5.75 Å². The first-order valence-electron chi connectivity index (χ1n) is 9.80. The third-order valence-corrected chi connectivity index (χ3v) is 5.52. The van der Waals surface area contributed by atoms with Gasteiger partial charge in [0.15, 0.2) is 0 Å². The van der Waals surface area contributed by atoms with E-state index in [-0.39, 0.29) is 11.9 Å². The molecule has 0 spiro atoms. The smallest absolute Gasteiger partial charge is 0.224 e. The highest BCUT2D eigenvalue weighted by Gasteiger charge is 2.39. The van der Waals surface area contributed by atoms with Crippen LogP contribution in [-0.4, -0.2) is 12.5 Å². The van der Waals surface area contributed by atoms with Crippen LogP contribution in [0.15, 0.2) is 54.6 Å². The van der Waals surface area contributed by atoms with Gasteiger partial charge in [-0.25, -0.2) is 0 Å². The van der Waals surface area contributed by atoms with Crippen LogP contribution in [0, 0.1) is 5.92 Å². The van der Waals surface area contributed by atoms with Crippen molar-refractivity contribution in [2.75, 3.05) is 17.2 Å². The van der Waals surface area contributed by atoms with E-state index in [1.54, 1.807) is 0 Å². The number of hydrogen-bond acceptors (Lipinski definition) is 3. The summed E-state index contributed by atoms with van der Waals surface area (Å²) in [6.45, 7) is 4.55. The molecular formula is C23H26N2O2. The van der Waals surface area contributed by atoms with Crippen LogP contribution < -0.4 is 15.4 Å². The number of para-hydroxylation sites is 1. The van der Waals surface area contributed by atoms with Gasteiger partial charge in [-0.05, 0) is 49.1 Å². The summed E-state index contributed by atoms with van der Waals surface area (Å²) in [5, 5.41) is 6.72. The quantitative estimate of drug-likeness (QED) is 0.713. The molecule has 4 heteroatoms. The van der Waals surface area contributed by atoms with Crippen LogP contribution in [0.2, 0.25) is 0 Å². The second kappa shape index (κ2) is 7.47. The number of fused-ring (bicyclic) bond motifs is 3. The second-order valence-electron chi connectivity index (χ2n) is 7.15. The van der Waals surface area contributed by atoms with Gasteiger partial charge >= 0.3 is 0 Å². The lowest BCUT2D eigenvalue weighted by Crippen LogP contribution is -2.29. The first kappa shape index (κ1) is 17.7. The Kier molecular flexibility index (Phi) is 4.88. The third-order valence-electron chi connectivity index (χ3n) is 5.52. The molecule has 140 valence electrons. The molecule has 1 aliphatic heterocycles. The van der Waals surface area contributed by atoms with Crippen molar-refractivity contribution >= 4 is 17.3 Å². The Balaban J connectivity index is 1.70. The number of hydrogen-bond donors (Lipinski definition) is 2. The number of carbonyl (C=O) groups excluding carboxylic acids is 1. The fourth-order valence-electron chi connectivity index (χ4n) is 4.25. The van der Waals surface area contributed by atoms with Crippen LogP contribution in [0.5, 0.6) is 5.75 Å². The predicted molar refractivity (Wildman–Crippen MR) is 109 cm³/mol. The number of rotatable bonds is 5. The maximum Gasteiger partial charge on any atom is 0.224 e. The Morgan fingerprint density at radius 2 is 2.04 bits per heavy atom.